The van der Waals surface area contributed by atoms with Gasteiger partial charge in [0.1, 0.15) is 6.61 Å². The molecular weight excluding hydrogens is 480 g/mol. The topological polar surface area (TPSA) is 96.2 Å². The summed E-state index contributed by atoms with van der Waals surface area (Å²) in [6.45, 7) is 14.2. The van der Waals surface area contributed by atoms with E-state index in [1.807, 2.05) is 19.9 Å². The molecule has 2 rings (SSSR count). The van der Waals surface area contributed by atoms with E-state index in [4.69, 9.17) is 14.6 Å². The van der Waals surface area contributed by atoms with E-state index in [9.17, 15) is 15.0 Å². The number of allylic oxidation sites excluding steroid dienone is 4. The fourth-order valence-corrected chi connectivity index (χ4v) is 6.49. The number of fused-ring (bicyclic) bond motifs is 2. The standard InChI is InChI=1S/C32H54O6/c1-23(15-16-28(35)31(6,36)19-10-12-24(2)21-33)11-8-14-27-30(5,29-17-20-32(27,7)38-29)18-9-13-25(3)22-37-26(4)34/h11-13,27-29,33,35-36H,8-10,14-22H2,1-7H3/b23-11+,24-12+,25-13+/t27-,28?,29-,30-,31?,32+/m0/s1. The maximum atomic E-state index is 11.1. The van der Waals surface area contributed by atoms with E-state index in [-0.39, 0.29) is 23.6 Å². The van der Waals surface area contributed by atoms with E-state index in [1.165, 1.54) is 12.5 Å². The largest absolute Gasteiger partial charge is 0.461 e. The first-order valence-corrected chi connectivity index (χ1v) is 14.5. The zero-order valence-electron chi connectivity index (χ0n) is 25.0. The highest BCUT2D eigenvalue weighted by Crippen LogP contribution is 2.61. The molecular formula is C32H54O6. The summed E-state index contributed by atoms with van der Waals surface area (Å²) in [5.74, 6) is 0.242. The van der Waals surface area contributed by atoms with Crippen molar-refractivity contribution < 1.29 is 29.6 Å². The highest BCUT2D eigenvalue weighted by molar-refractivity contribution is 5.66. The Labute approximate surface area is 231 Å². The van der Waals surface area contributed by atoms with Crippen LogP contribution in [-0.4, -0.2) is 57.9 Å². The molecule has 2 aliphatic rings. The molecule has 0 spiro atoms. The van der Waals surface area contributed by atoms with E-state index >= 15 is 0 Å². The lowest BCUT2D eigenvalue weighted by Gasteiger charge is -2.42. The lowest BCUT2D eigenvalue weighted by Crippen LogP contribution is -2.42. The molecule has 0 aromatic rings. The van der Waals surface area contributed by atoms with Crippen molar-refractivity contribution >= 4 is 5.97 Å². The first-order chi connectivity index (χ1) is 17.7. The van der Waals surface area contributed by atoms with Crippen LogP contribution in [0.4, 0.5) is 0 Å². The average molecular weight is 535 g/mol. The summed E-state index contributed by atoms with van der Waals surface area (Å²) < 4.78 is 11.7. The number of rotatable bonds is 16. The SMILES string of the molecule is CC(=O)OC/C(C)=C/CC[C@]1(C)[C@@H]2CC[C@@](C)(O2)[C@H]1CC/C=C(\C)CCC(O)C(C)(O)CC/C=C(\C)CO. The number of esters is 1. The van der Waals surface area contributed by atoms with Gasteiger partial charge in [0.25, 0.3) is 0 Å². The fourth-order valence-electron chi connectivity index (χ4n) is 6.49. The van der Waals surface area contributed by atoms with Crippen LogP contribution in [0.2, 0.25) is 0 Å². The van der Waals surface area contributed by atoms with Gasteiger partial charge in [-0.15, -0.1) is 0 Å². The van der Waals surface area contributed by atoms with Crippen LogP contribution in [0.15, 0.2) is 34.9 Å². The third-order valence-electron chi connectivity index (χ3n) is 9.13. The van der Waals surface area contributed by atoms with Gasteiger partial charge in [-0.25, -0.2) is 0 Å². The van der Waals surface area contributed by atoms with E-state index in [0.29, 0.717) is 37.9 Å². The van der Waals surface area contributed by atoms with Crippen molar-refractivity contribution in [3.8, 4) is 0 Å². The predicted molar refractivity (Wildman–Crippen MR) is 153 cm³/mol. The molecule has 2 unspecified atom stereocenters. The molecule has 2 fully saturated rings. The molecule has 38 heavy (non-hydrogen) atoms. The quantitative estimate of drug-likeness (QED) is 0.161. The molecule has 3 N–H and O–H groups in total. The summed E-state index contributed by atoms with van der Waals surface area (Å²) in [5, 5.41) is 30.4. The summed E-state index contributed by atoms with van der Waals surface area (Å²) >= 11 is 0. The summed E-state index contributed by atoms with van der Waals surface area (Å²) in [4.78, 5) is 11.1. The van der Waals surface area contributed by atoms with Gasteiger partial charge in [-0.05, 0) is 116 Å². The van der Waals surface area contributed by atoms with Crippen LogP contribution in [0.5, 0.6) is 0 Å². The molecule has 6 nitrogen and oxygen atoms in total. The Morgan fingerprint density at radius 1 is 1.08 bits per heavy atom. The maximum absolute atomic E-state index is 11.1. The van der Waals surface area contributed by atoms with Gasteiger partial charge in [0, 0.05) is 6.92 Å². The minimum Gasteiger partial charge on any atom is -0.461 e. The number of aliphatic hydroxyl groups is 3. The van der Waals surface area contributed by atoms with E-state index in [2.05, 4.69) is 32.9 Å². The van der Waals surface area contributed by atoms with Crippen LogP contribution < -0.4 is 0 Å². The van der Waals surface area contributed by atoms with Crippen molar-refractivity contribution in [1.29, 1.82) is 0 Å². The smallest absolute Gasteiger partial charge is 0.302 e. The Bertz CT molecular complexity index is 871. The number of carbonyl (C=O) groups excluding carboxylic acids is 1. The van der Waals surface area contributed by atoms with Gasteiger partial charge in [-0.2, -0.15) is 0 Å². The van der Waals surface area contributed by atoms with Crippen LogP contribution in [0.3, 0.4) is 0 Å². The van der Waals surface area contributed by atoms with Gasteiger partial charge in [0.15, 0.2) is 0 Å². The van der Waals surface area contributed by atoms with Gasteiger partial charge < -0.3 is 24.8 Å². The first-order valence-electron chi connectivity index (χ1n) is 14.5. The second-order valence-corrected chi connectivity index (χ2v) is 12.7. The maximum Gasteiger partial charge on any atom is 0.302 e. The van der Waals surface area contributed by atoms with Gasteiger partial charge in [-0.1, -0.05) is 36.3 Å². The zero-order valence-corrected chi connectivity index (χ0v) is 25.0. The van der Waals surface area contributed by atoms with E-state index < -0.39 is 11.7 Å². The number of hydrogen-bond acceptors (Lipinski definition) is 6. The monoisotopic (exact) mass is 534 g/mol. The Balaban J connectivity index is 1.88. The van der Waals surface area contributed by atoms with Crippen molar-refractivity contribution in [2.24, 2.45) is 11.3 Å². The Hall–Kier alpha value is -1.47. The Morgan fingerprint density at radius 3 is 2.39 bits per heavy atom. The van der Waals surface area contributed by atoms with Crippen molar-refractivity contribution in [2.75, 3.05) is 13.2 Å². The lowest BCUT2D eigenvalue weighted by molar-refractivity contribution is -0.139. The minimum atomic E-state index is -1.14. The number of ether oxygens (including phenoxy) is 2. The normalized spacial score (nSPS) is 30.4. The number of aliphatic hydroxyl groups excluding tert-OH is 2. The Kier molecular flexibility index (Phi) is 12.3. The van der Waals surface area contributed by atoms with Crippen molar-refractivity contribution in [3.63, 3.8) is 0 Å². The molecule has 0 saturated carbocycles. The van der Waals surface area contributed by atoms with Crippen LogP contribution in [0, 0.1) is 11.3 Å². The van der Waals surface area contributed by atoms with Crippen molar-refractivity contribution in [2.45, 2.75) is 136 Å². The molecule has 6 heteroatoms. The van der Waals surface area contributed by atoms with Crippen LogP contribution in [0.1, 0.15) is 113 Å². The fraction of sp³-hybridized carbons (Fsp3) is 0.781. The van der Waals surface area contributed by atoms with Crippen LogP contribution in [0.25, 0.3) is 0 Å². The molecule has 218 valence electrons. The molecule has 0 aromatic heterocycles. The molecule has 0 aromatic carbocycles. The molecule has 0 radical (unpaired) electrons. The van der Waals surface area contributed by atoms with Gasteiger partial charge in [-0.3, -0.25) is 4.79 Å². The van der Waals surface area contributed by atoms with Crippen molar-refractivity contribution in [1.82, 2.24) is 0 Å². The molecule has 0 aliphatic carbocycles. The second-order valence-electron chi connectivity index (χ2n) is 12.7. The molecule has 2 saturated heterocycles. The van der Waals surface area contributed by atoms with Gasteiger partial charge in [0.05, 0.1) is 30.0 Å². The van der Waals surface area contributed by atoms with E-state index in [0.717, 1.165) is 56.1 Å². The highest BCUT2D eigenvalue weighted by atomic mass is 16.5. The summed E-state index contributed by atoms with van der Waals surface area (Å²) in [6, 6.07) is 0. The lowest BCUT2D eigenvalue weighted by atomic mass is 9.60. The third-order valence-corrected chi connectivity index (χ3v) is 9.13. The van der Waals surface area contributed by atoms with Crippen molar-refractivity contribution in [3.05, 3.63) is 34.9 Å². The average Bonchev–Trinajstić information content (AvgIpc) is 3.34. The van der Waals surface area contributed by atoms with Crippen LogP contribution in [-0.2, 0) is 14.3 Å². The highest BCUT2D eigenvalue weighted by Gasteiger charge is 2.61. The number of carbonyl (C=O) groups is 1. The zero-order chi connectivity index (χ0) is 28.6. The Morgan fingerprint density at radius 2 is 1.74 bits per heavy atom. The van der Waals surface area contributed by atoms with Crippen LogP contribution >= 0.6 is 0 Å². The number of hydrogen-bond donors (Lipinski definition) is 3. The van der Waals surface area contributed by atoms with Gasteiger partial charge >= 0.3 is 5.97 Å². The minimum absolute atomic E-state index is 0.0228. The molecule has 2 bridgehead atoms. The summed E-state index contributed by atoms with van der Waals surface area (Å²) in [6.07, 6.45) is 14.6. The third kappa shape index (κ3) is 9.04. The summed E-state index contributed by atoms with van der Waals surface area (Å²) in [5.41, 5.74) is 2.14. The first kappa shape index (κ1) is 32.7. The molecule has 0 amide bonds. The molecule has 6 atom stereocenters. The molecule has 2 aliphatic heterocycles. The summed E-state index contributed by atoms with van der Waals surface area (Å²) in [7, 11) is 0. The molecule has 2 heterocycles. The van der Waals surface area contributed by atoms with E-state index in [1.54, 1.807) is 6.92 Å². The second kappa shape index (κ2) is 14.2. The predicted octanol–water partition coefficient (Wildman–Crippen LogP) is 6.19. The van der Waals surface area contributed by atoms with Gasteiger partial charge in [0.2, 0.25) is 0 Å².